The molecule has 5 rings (SSSR count). The van der Waals surface area contributed by atoms with Crippen LogP contribution in [0.2, 0.25) is 0 Å². The molecule has 30 heavy (non-hydrogen) atoms. The first kappa shape index (κ1) is 18.7. The molecular formula is C24H22FN3O2. The number of amides is 1. The average molecular weight is 403 g/mol. The van der Waals surface area contributed by atoms with E-state index >= 15 is 0 Å². The monoisotopic (exact) mass is 403 g/mol. The summed E-state index contributed by atoms with van der Waals surface area (Å²) in [6.45, 7) is 0.890. The van der Waals surface area contributed by atoms with Gasteiger partial charge in [0.05, 0.1) is 17.8 Å². The molecule has 0 saturated heterocycles. The minimum atomic E-state index is -0.291. The van der Waals surface area contributed by atoms with Crippen LogP contribution < -0.4 is 5.56 Å². The summed E-state index contributed by atoms with van der Waals surface area (Å²) in [6.07, 6.45) is 1.88. The fraction of sp³-hybridized carbons (Fsp3) is 0.292. The number of aromatic nitrogens is 2. The lowest BCUT2D eigenvalue weighted by atomic mass is 10.0. The van der Waals surface area contributed by atoms with E-state index in [1.807, 2.05) is 18.2 Å². The number of aromatic amines is 1. The normalized spacial score (nSPS) is 20.0. The van der Waals surface area contributed by atoms with Crippen molar-refractivity contribution in [2.75, 3.05) is 6.54 Å². The summed E-state index contributed by atoms with van der Waals surface area (Å²) in [7, 11) is 0. The van der Waals surface area contributed by atoms with Gasteiger partial charge in [-0.15, -0.1) is 0 Å². The van der Waals surface area contributed by atoms with Crippen molar-refractivity contribution in [3.63, 3.8) is 0 Å². The topological polar surface area (TPSA) is 66.1 Å². The molecular weight excluding hydrogens is 381 g/mol. The van der Waals surface area contributed by atoms with E-state index in [1.54, 1.807) is 17.0 Å². The Labute approximate surface area is 173 Å². The van der Waals surface area contributed by atoms with Gasteiger partial charge in [-0.25, -0.2) is 9.37 Å². The molecule has 1 saturated carbocycles. The Kier molecular flexibility index (Phi) is 4.69. The van der Waals surface area contributed by atoms with Crippen molar-refractivity contribution in [1.29, 1.82) is 0 Å². The van der Waals surface area contributed by atoms with E-state index in [1.165, 1.54) is 17.7 Å². The van der Waals surface area contributed by atoms with Crippen molar-refractivity contribution in [3.8, 4) is 0 Å². The zero-order valence-corrected chi connectivity index (χ0v) is 16.5. The Morgan fingerprint density at radius 1 is 1.13 bits per heavy atom. The molecule has 0 radical (unpaired) electrons. The second kappa shape index (κ2) is 7.52. The first-order valence-electron chi connectivity index (χ1n) is 10.3. The zero-order valence-electron chi connectivity index (χ0n) is 16.5. The van der Waals surface area contributed by atoms with Crippen LogP contribution in [0.4, 0.5) is 4.39 Å². The number of H-pyrrole nitrogens is 1. The number of nitrogens with zero attached hydrogens (tertiary/aromatic N) is 2. The van der Waals surface area contributed by atoms with Gasteiger partial charge in [0, 0.05) is 25.3 Å². The molecule has 1 aliphatic carbocycles. The molecule has 1 aromatic heterocycles. The van der Waals surface area contributed by atoms with Gasteiger partial charge in [-0.1, -0.05) is 42.5 Å². The third kappa shape index (κ3) is 3.65. The molecule has 1 fully saturated rings. The summed E-state index contributed by atoms with van der Waals surface area (Å²) < 4.78 is 13.1. The highest BCUT2D eigenvalue weighted by molar-refractivity contribution is 5.83. The van der Waals surface area contributed by atoms with Gasteiger partial charge in [-0.2, -0.15) is 0 Å². The van der Waals surface area contributed by atoms with Crippen LogP contribution >= 0.6 is 0 Å². The number of halogens is 1. The zero-order chi connectivity index (χ0) is 20.7. The number of carbonyl (C=O) groups is 1. The van der Waals surface area contributed by atoms with E-state index in [0.29, 0.717) is 37.3 Å². The van der Waals surface area contributed by atoms with E-state index < -0.39 is 0 Å². The third-order valence-electron chi connectivity index (χ3n) is 6.05. The summed E-state index contributed by atoms with van der Waals surface area (Å²) in [6, 6.07) is 16.3. The smallest absolute Gasteiger partial charge is 0.256 e. The maximum absolute atomic E-state index is 13.1. The number of hydrogen-bond acceptors (Lipinski definition) is 3. The number of carbonyl (C=O) groups excluding carboxylic acids is 1. The minimum absolute atomic E-state index is 0.0127. The summed E-state index contributed by atoms with van der Waals surface area (Å²) in [5, 5.41) is 0. The molecule has 2 aliphatic rings. The molecule has 2 heterocycles. The van der Waals surface area contributed by atoms with Gasteiger partial charge in [0.1, 0.15) is 11.6 Å². The van der Waals surface area contributed by atoms with E-state index in [0.717, 1.165) is 17.7 Å². The molecule has 1 aliphatic heterocycles. The van der Waals surface area contributed by atoms with Crippen LogP contribution in [-0.2, 0) is 24.2 Å². The van der Waals surface area contributed by atoms with Crippen LogP contribution in [0.25, 0.3) is 0 Å². The number of nitrogens with one attached hydrogen (secondary N) is 1. The SMILES string of the molecule is O=C([C@H]1C[C@H]1c1ccccc1)N1CCc2nc(Cc3ccc(F)cc3)[nH]c(=O)c2C1. The summed E-state index contributed by atoms with van der Waals surface area (Å²) >= 11 is 0. The van der Waals surface area contributed by atoms with Gasteiger partial charge in [0.25, 0.3) is 5.56 Å². The van der Waals surface area contributed by atoms with E-state index in [9.17, 15) is 14.0 Å². The number of rotatable bonds is 4. The molecule has 1 N–H and O–H groups in total. The van der Waals surface area contributed by atoms with Gasteiger partial charge in [-0.05, 0) is 35.6 Å². The van der Waals surface area contributed by atoms with Crippen LogP contribution in [-0.4, -0.2) is 27.3 Å². The Hall–Kier alpha value is -3.28. The first-order chi connectivity index (χ1) is 14.6. The summed E-state index contributed by atoms with van der Waals surface area (Å²) in [4.78, 5) is 34.9. The standard InChI is InChI=1S/C24H22FN3O2/c25-17-8-6-15(7-9-17)12-22-26-21-10-11-28(14-20(21)23(29)27-22)24(30)19-13-18(19)16-4-2-1-3-5-16/h1-9,18-19H,10-14H2,(H,26,27,29)/t18-,19-/m0/s1. The molecule has 152 valence electrons. The number of fused-ring (bicyclic) bond motifs is 1. The number of benzene rings is 2. The van der Waals surface area contributed by atoms with E-state index in [4.69, 9.17) is 0 Å². The molecule has 0 bridgehead atoms. The Morgan fingerprint density at radius 2 is 1.90 bits per heavy atom. The maximum Gasteiger partial charge on any atom is 0.256 e. The Bertz CT molecular complexity index is 1140. The van der Waals surface area contributed by atoms with Crippen LogP contribution in [0, 0.1) is 11.7 Å². The molecule has 5 nitrogen and oxygen atoms in total. The predicted molar refractivity (Wildman–Crippen MR) is 110 cm³/mol. The largest absolute Gasteiger partial charge is 0.337 e. The van der Waals surface area contributed by atoms with Crippen molar-refractivity contribution < 1.29 is 9.18 Å². The third-order valence-corrected chi connectivity index (χ3v) is 6.05. The van der Waals surface area contributed by atoms with Gasteiger partial charge in [0.2, 0.25) is 5.91 Å². The van der Waals surface area contributed by atoms with Crippen molar-refractivity contribution in [3.05, 3.63) is 99.0 Å². The fourth-order valence-corrected chi connectivity index (χ4v) is 4.32. The van der Waals surface area contributed by atoms with Crippen molar-refractivity contribution in [2.45, 2.75) is 31.7 Å². The van der Waals surface area contributed by atoms with Crippen LogP contribution in [0.15, 0.2) is 59.4 Å². The molecule has 1 amide bonds. The summed E-state index contributed by atoms with van der Waals surface area (Å²) in [5.41, 5.74) is 3.24. The van der Waals surface area contributed by atoms with Gasteiger partial charge < -0.3 is 9.88 Å². The minimum Gasteiger partial charge on any atom is -0.337 e. The fourth-order valence-electron chi connectivity index (χ4n) is 4.32. The highest BCUT2D eigenvalue weighted by Crippen LogP contribution is 2.48. The first-order valence-corrected chi connectivity index (χ1v) is 10.3. The lowest BCUT2D eigenvalue weighted by Crippen LogP contribution is -2.40. The molecule has 2 aromatic carbocycles. The number of hydrogen-bond donors (Lipinski definition) is 1. The molecule has 0 unspecified atom stereocenters. The van der Waals surface area contributed by atoms with Crippen LogP contribution in [0.1, 0.15) is 40.5 Å². The highest BCUT2D eigenvalue weighted by atomic mass is 19.1. The van der Waals surface area contributed by atoms with Crippen molar-refractivity contribution >= 4 is 5.91 Å². The molecule has 6 heteroatoms. The van der Waals surface area contributed by atoms with Crippen molar-refractivity contribution in [1.82, 2.24) is 14.9 Å². The van der Waals surface area contributed by atoms with Gasteiger partial charge in [-0.3, -0.25) is 9.59 Å². The quantitative estimate of drug-likeness (QED) is 0.728. The highest BCUT2D eigenvalue weighted by Gasteiger charge is 2.46. The van der Waals surface area contributed by atoms with Crippen LogP contribution in [0.5, 0.6) is 0 Å². The average Bonchev–Trinajstić information content (AvgIpc) is 3.56. The molecule has 3 aromatic rings. The predicted octanol–water partition coefficient (Wildman–Crippen LogP) is 3.19. The lowest BCUT2D eigenvalue weighted by Gasteiger charge is -2.28. The van der Waals surface area contributed by atoms with E-state index in [-0.39, 0.29) is 29.1 Å². The van der Waals surface area contributed by atoms with Crippen molar-refractivity contribution in [2.24, 2.45) is 5.92 Å². The van der Waals surface area contributed by atoms with Crippen LogP contribution in [0.3, 0.4) is 0 Å². The molecule has 0 spiro atoms. The van der Waals surface area contributed by atoms with E-state index in [2.05, 4.69) is 22.1 Å². The second-order valence-corrected chi connectivity index (χ2v) is 8.11. The van der Waals surface area contributed by atoms with Gasteiger partial charge in [0.15, 0.2) is 0 Å². The summed E-state index contributed by atoms with van der Waals surface area (Å²) in [5.74, 6) is 0.703. The maximum atomic E-state index is 13.1. The lowest BCUT2D eigenvalue weighted by molar-refractivity contribution is -0.133. The molecule has 2 atom stereocenters. The Morgan fingerprint density at radius 3 is 2.67 bits per heavy atom. The second-order valence-electron chi connectivity index (χ2n) is 8.11. The Balaban J connectivity index is 1.29. The van der Waals surface area contributed by atoms with Gasteiger partial charge >= 0.3 is 0 Å².